The number of benzene rings is 1. The number of fused-ring (bicyclic) bond motifs is 1. The monoisotopic (exact) mass is 329 g/mol. The minimum atomic E-state index is 0.906. The van der Waals surface area contributed by atoms with Crippen LogP contribution < -0.4 is 5.32 Å². The zero-order valence-corrected chi connectivity index (χ0v) is 12.9. The van der Waals surface area contributed by atoms with Crippen LogP contribution in [0.2, 0.25) is 0 Å². The lowest BCUT2D eigenvalue weighted by Gasteiger charge is -2.05. The molecule has 0 fully saturated rings. The third kappa shape index (κ3) is 2.56. The van der Waals surface area contributed by atoms with E-state index in [9.17, 15) is 0 Å². The van der Waals surface area contributed by atoms with Crippen molar-refractivity contribution in [3.63, 3.8) is 0 Å². The first kappa shape index (κ1) is 13.2. The van der Waals surface area contributed by atoms with Gasteiger partial charge in [-0.15, -0.1) is 0 Å². The number of nitrogens with one attached hydrogen (secondary N) is 1. The number of hydrogen-bond donors (Lipinski definition) is 1. The lowest BCUT2D eigenvalue weighted by Crippen LogP contribution is -1.99. The Morgan fingerprint density at radius 3 is 2.65 bits per heavy atom. The summed E-state index contributed by atoms with van der Waals surface area (Å²) in [6.45, 7) is 0. The Kier molecular flexibility index (Phi) is 3.74. The van der Waals surface area contributed by atoms with Crippen LogP contribution in [0.1, 0.15) is 11.4 Å². The van der Waals surface area contributed by atoms with Gasteiger partial charge in [0.05, 0.1) is 11.2 Å². The zero-order chi connectivity index (χ0) is 13.9. The number of pyridine rings is 1. The Morgan fingerprint density at radius 1 is 1.10 bits per heavy atom. The van der Waals surface area contributed by atoms with Crippen molar-refractivity contribution in [2.24, 2.45) is 0 Å². The van der Waals surface area contributed by atoms with E-state index < -0.39 is 0 Å². The number of anilines is 1. The Morgan fingerprint density at radius 2 is 1.90 bits per heavy atom. The summed E-state index contributed by atoms with van der Waals surface area (Å²) in [5.41, 5.74) is 3.53. The minimum absolute atomic E-state index is 0.906. The van der Waals surface area contributed by atoms with Gasteiger partial charge in [-0.05, 0) is 40.0 Å². The minimum Gasteiger partial charge on any atom is -0.387 e. The van der Waals surface area contributed by atoms with Crippen LogP contribution >= 0.6 is 15.9 Å². The van der Waals surface area contributed by atoms with Gasteiger partial charge in [0.2, 0.25) is 0 Å². The maximum atomic E-state index is 4.63. The van der Waals surface area contributed by atoms with Gasteiger partial charge in [0.15, 0.2) is 0 Å². The average molecular weight is 330 g/mol. The largest absolute Gasteiger partial charge is 0.387 e. The van der Waals surface area contributed by atoms with E-state index in [1.54, 1.807) is 0 Å². The van der Waals surface area contributed by atoms with Crippen LogP contribution in [-0.4, -0.2) is 16.4 Å². The van der Waals surface area contributed by atoms with Gasteiger partial charge in [0.1, 0.15) is 10.4 Å². The smallest absolute Gasteiger partial charge is 0.132 e. The molecular formula is C16H16BrN3. The third-order valence-electron chi connectivity index (χ3n) is 3.43. The molecule has 20 heavy (non-hydrogen) atoms. The molecule has 3 rings (SSSR count). The van der Waals surface area contributed by atoms with Gasteiger partial charge >= 0.3 is 0 Å². The fraction of sp³-hybridized carbons (Fsp3) is 0.188. The number of aromatic nitrogens is 2. The lowest BCUT2D eigenvalue weighted by atomic mass is 10.1. The van der Waals surface area contributed by atoms with Crippen molar-refractivity contribution >= 4 is 27.1 Å². The van der Waals surface area contributed by atoms with Crippen LogP contribution in [0.4, 0.5) is 5.69 Å². The number of aryl methyl sites for hydroxylation is 2. The van der Waals surface area contributed by atoms with Crippen LogP contribution in [0.15, 0.2) is 53.3 Å². The molecule has 0 spiro atoms. The first-order valence-corrected chi connectivity index (χ1v) is 7.45. The van der Waals surface area contributed by atoms with Crippen molar-refractivity contribution in [3.05, 3.63) is 64.7 Å². The SMILES string of the molecule is CNc1ccc2c(Br)nc(CCc3ccccc3)n2c1. The Balaban J connectivity index is 1.91. The molecular weight excluding hydrogens is 314 g/mol. The molecule has 1 aromatic carbocycles. The second-order valence-electron chi connectivity index (χ2n) is 4.73. The Labute approximate surface area is 126 Å². The number of rotatable bonds is 4. The van der Waals surface area contributed by atoms with E-state index in [1.165, 1.54) is 5.56 Å². The molecule has 0 amide bonds. The standard InChI is InChI=1S/C16H16BrN3/c1-18-13-8-9-14-16(17)19-15(20(14)11-13)10-7-12-5-3-2-4-6-12/h2-6,8-9,11,18H,7,10H2,1H3. The van der Waals surface area contributed by atoms with Gasteiger partial charge in [-0.25, -0.2) is 4.98 Å². The van der Waals surface area contributed by atoms with Crippen molar-refractivity contribution in [2.75, 3.05) is 12.4 Å². The van der Waals surface area contributed by atoms with Gasteiger partial charge in [-0.1, -0.05) is 30.3 Å². The molecule has 102 valence electrons. The normalized spacial score (nSPS) is 10.9. The first-order valence-electron chi connectivity index (χ1n) is 6.66. The van der Waals surface area contributed by atoms with Crippen LogP contribution in [0.3, 0.4) is 0 Å². The Hall–Kier alpha value is -1.81. The molecule has 0 saturated heterocycles. The van der Waals surface area contributed by atoms with Crippen molar-refractivity contribution in [3.8, 4) is 0 Å². The summed E-state index contributed by atoms with van der Waals surface area (Å²) < 4.78 is 3.06. The summed E-state index contributed by atoms with van der Waals surface area (Å²) in [6.07, 6.45) is 4.01. The molecule has 3 nitrogen and oxygen atoms in total. The van der Waals surface area contributed by atoms with Crippen molar-refractivity contribution in [2.45, 2.75) is 12.8 Å². The summed E-state index contributed by atoms with van der Waals surface area (Å²) in [5, 5.41) is 3.17. The predicted molar refractivity (Wildman–Crippen MR) is 86.3 cm³/mol. The van der Waals surface area contributed by atoms with E-state index in [1.807, 2.05) is 13.1 Å². The van der Waals surface area contributed by atoms with E-state index in [4.69, 9.17) is 0 Å². The highest BCUT2D eigenvalue weighted by atomic mass is 79.9. The zero-order valence-electron chi connectivity index (χ0n) is 11.3. The van der Waals surface area contributed by atoms with Gasteiger partial charge in [-0.3, -0.25) is 0 Å². The topological polar surface area (TPSA) is 29.3 Å². The Bertz CT molecular complexity index is 719. The maximum absolute atomic E-state index is 4.63. The van der Waals surface area contributed by atoms with Gasteiger partial charge in [0.25, 0.3) is 0 Å². The second kappa shape index (κ2) is 5.67. The van der Waals surface area contributed by atoms with Crippen molar-refractivity contribution < 1.29 is 0 Å². The second-order valence-corrected chi connectivity index (χ2v) is 5.48. The van der Waals surface area contributed by atoms with E-state index in [2.05, 4.69) is 73.2 Å². The molecule has 0 aliphatic rings. The first-order chi connectivity index (χ1) is 9.78. The molecule has 3 aromatic rings. The third-order valence-corrected chi connectivity index (χ3v) is 4.02. The summed E-state index contributed by atoms with van der Waals surface area (Å²) in [7, 11) is 1.93. The van der Waals surface area contributed by atoms with Crippen LogP contribution in [0, 0.1) is 0 Å². The number of halogens is 1. The fourth-order valence-electron chi connectivity index (χ4n) is 2.33. The fourth-order valence-corrected chi connectivity index (χ4v) is 2.86. The number of hydrogen-bond acceptors (Lipinski definition) is 2. The summed E-state index contributed by atoms with van der Waals surface area (Å²) in [5.74, 6) is 1.08. The van der Waals surface area contributed by atoms with E-state index in [0.29, 0.717) is 0 Å². The molecule has 0 aliphatic carbocycles. The van der Waals surface area contributed by atoms with Gasteiger partial charge < -0.3 is 9.72 Å². The van der Waals surface area contributed by atoms with Crippen molar-refractivity contribution in [1.29, 1.82) is 0 Å². The molecule has 4 heteroatoms. The molecule has 1 N–H and O–H groups in total. The molecule has 0 radical (unpaired) electrons. The van der Waals surface area contributed by atoms with Crippen molar-refractivity contribution in [1.82, 2.24) is 9.38 Å². The number of imidazole rings is 1. The predicted octanol–water partition coefficient (Wildman–Crippen LogP) is 3.92. The molecule has 2 heterocycles. The van der Waals surface area contributed by atoms with Gasteiger partial charge in [-0.2, -0.15) is 0 Å². The average Bonchev–Trinajstić information content (AvgIpc) is 2.82. The lowest BCUT2D eigenvalue weighted by molar-refractivity contribution is 0.852. The molecule has 0 aliphatic heterocycles. The molecule has 0 bridgehead atoms. The van der Waals surface area contributed by atoms with E-state index >= 15 is 0 Å². The molecule has 2 aromatic heterocycles. The highest BCUT2D eigenvalue weighted by Crippen LogP contribution is 2.22. The van der Waals surface area contributed by atoms with Crippen LogP contribution in [0.25, 0.3) is 5.52 Å². The van der Waals surface area contributed by atoms with Crippen LogP contribution in [-0.2, 0) is 12.8 Å². The van der Waals surface area contributed by atoms with Gasteiger partial charge in [0, 0.05) is 19.7 Å². The summed E-state index contributed by atoms with van der Waals surface area (Å²) in [4.78, 5) is 4.63. The molecule has 0 saturated carbocycles. The highest BCUT2D eigenvalue weighted by molar-refractivity contribution is 9.10. The highest BCUT2D eigenvalue weighted by Gasteiger charge is 2.09. The quantitative estimate of drug-likeness (QED) is 0.785. The van der Waals surface area contributed by atoms with Crippen LogP contribution in [0.5, 0.6) is 0 Å². The summed E-state index contributed by atoms with van der Waals surface area (Å²) in [6, 6.07) is 14.7. The molecule has 0 unspecified atom stereocenters. The van der Waals surface area contributed by atoms with E-state index in [0.717, 1.165) is 34.5 Å². The maximum Gasteiger partial charge on any atom is 0.132 e. The van der Waals surface area contributed by atoms with E-state index in [-0.39, 0.29) is 0 Å². The summed E-state index contributed by atoms with van der Waals surface area (Å²) >= 11 is 3.54. The number of nitrogens with zero attached hydrogens (tertiary/aromatic N) is 2. The molecule has 0 atom stereocenters.